The number of rotatable bonds is 2. The van der Waals surface area contributed by atoms with E-state index in [1.54, 1.807) is 0 Å². The molecular weight excluding hydrogens is 245 g/mol. The molecule has 0 fully saturated rings. The van der Waals surface area contributed by atoms with Crippen LogP contribution in [0.1, 0.15) is 11.1 Å². The maximum Gasteiger partial charge on any atom is 0.138 e. The lowest BCUT2D eigenvalue weighted by Crippen LogP contribution is -2.01. The molecule has 16 heavy (non-hydrogen) atoms. The van der Waals surface area contributed by atoms with Crippen molar-refractivity contribution in [3.05, 3.63) is 51.9 Å². The molecule has 0 atom stereocenters. The molecule has 0 saturated heterocycles. The van der Waals surface area contributed by atoms with Crippen molar-refractivity contribution in [2.75, 3.05) is 5.73 Å². The summed E-state index contributed by atoms with van der Waals surface area (Å²) in [4.78, 5) is 7.81. The fourth-order valence-corrected chi connectivity index (χ4v) is 1.71. The summed E-state index contributed by atoms with van der Waals surface area (Å²) >= 11 is 11.8. The van der Waals surface area contributed by atoms with Gasteiger partial charge in [0.25, 0.3) is 0 Å². The van der Waals surface area contributed by atoms with Crippen molar-refractivity contribution < 1.29 is 0 Å². The van der Waals surface area contributed by atoms with Crippen molar-refractivity contribution in [2.45, 2.75) is 6.42 Å². The van der Waals surface area contributed by atoms with Crippen LogP contribution >= 0.6 is 23.2 Å². The minimum Gasteiger partial charge on any atom is -0.383 e. The van der Waals surface area contributed by atoms with Gasteiger partial charge in [-0.3, -0.25) is 0 Å². The van der Waals surface area contributed by atoms with Gasteiger partial charge < -0.3 is 5.73 Å². The van der Waals surface area contributed by atoms with Crippen molar-refractivity contribution in [3.8, 4) is 0 Å². The van der Waals surface area contributed by atoms with Gasteiger partial charge in [-0.25, -0.2) is 9.97 Å². The fraction of sp³-hybridized carbons (Fsp3) is 0.0909. The van der Waals surface area contributed by atoms with E-state index in [-0.39, 0.29) is 0 Å². The molecule has 82 valence electrons. The highest BCUT2D eigenvalue weighted by Gasteiger charge is 2.07. The van der Waals surface area contributed by atoms with Crippen molar-refractivity contribution in [3.63, 3.8) is 0 Å². The van der Waals surface area contributed by atoms with Gasteiger partial charge >= 0.3 is 0 Å². The Bertz CT molecular complexity index is 477. The average molecular weight is 254 g/mol. The maximum absolute atomic E-state index is 5.95. The van der Waals surface area contributed by atoms with Crippen LogP contribution in [0.2, 0.25) is 10.2 Å². The predicted molar refractivity (Wildman–Crippen MR) is 65.7 cm³/mol. The molecule has 0 bridgehead atoms. The van der Waals surface area contributed by atoms with E-state index in [0.717, 1.165) is 11.1 Å². The van der Waals surface area contributed by atoms with E-state index in [0.29, 0.717) is 22.4 Å². The zero-order valence-electron chi connectivity index (χ0n) is 8.32. The van der Waals surface area contributed by atoms with Crippen LogP contribution in [0.15, 0.2) is 30.6 Å². The summed E-state index contributed by atoms with van der Waals surface area (Å²) in [5.41, 5.74) is 7.54. The summed E-state index contributed by atoms with van der Waals surface area (Å²) in [6.45, 7) is 0. The standard InChI is InChI=1S/C11H9Cl2N3/c12-8-3-1-7(2-4-8)5-9-10(13)15-6-16-11(9)14/h1-4,6H,5H2,(H2,14,15,16). The van der Waals surface area contributed by atoms with E-state index in [2.05, 4.69) is 9.97 Å². The first kappa shape index (κ1) is 11.2. The van der Waals surface area contributed by atoms with Gasteiger partial charge in [0, 0.05) is 17.0 Å². The molecule has 1 aromatic carbocycles. The zero-order chi connectivity index (χ0) is 11.5. The SMILES string of the molecule is Nc1ncnc(Cl)c1Cc1ccc(Cl)cc1. The van der Waals surface area contributed by atoms with Gasteiger partial charge in [-0.15, -0.1) is 0 Å². The minimum atomic E-state index is 0.391. The number of halogens is 2. The minimum absolute atomic E-state index is 0.391. The van der Waals surface area contributed by atoms with E-state index in [9.17, 15) is 0 Å². The van der Waals surface area contributed by atoms with Crippen LogP contribution < -0.4 is 5.73 Å². The lowest BCUT2D eigenvalue weighted by molar-refractivity contribution is 1.08. The number of anilines is 1. The monoisotopic (exact) mass is 253 g/mol. The lowest BCUT2D eigenvalue weighted by atomic mass is 10.1. The Balaban J connectivity index is 2.30. The number of aromatic nitrogens is 2. The first-order valence-electron chi connectivity index (χ1n) is 4.66. The molecule has 0 saturated carbocycles. The number of nitrogens with zero attached hydrogens (tertiary/aromatic N) is 2. The average Bonchev–Trinajstić information content (AvgIpc) is 2.26. The highest BCUT2D eigenvalue weighted by Crippen LogP contribution is 2.21. The molecule has 3 nitrogen and oxygen atoms in total. The molecule has 0 aliphatic rings. The summed E-state index contributed by atoms with van der Waals surface area (Å²) in [6, 6.07) is 7.49. The molecule has 2 N–H and O–H groups in total. The van der Waals surface area contributed by atoms with Crippen LogP contribution in [0.4, 0.5) is 5.82 Å². The second-order valence-electron chi connectivity index (χ2n) is 3.33. The van der Waals surface area contributed by atoms with E-state index >= 15 is 0 Å². The summed E-state index contributed by atoms with van der Waals surface area (Å²) in [7, 11) is 0. The molecule has 1 aromatic heterocycles. The molecule has 2 rings (SSSR count). The van der Waals surface area contributed by atoms with Crippen LogP contribution in [-0.4, -0.2) is 9.97 Å². The molecule has 0 radical (unpaired) electrons. The number of nitrogens with two attached hydrogens (primary N) is 1. The Morgan fingerprint density at radius 3 is 2.38 bits per heavy atom. The lowest BCUT2D eigenvalue weighted by Gasteiger charge is -2.06. The smallest absolute Gasteiger partial charge is 0.138 e. The Morgan fingerprint density at radius 2 is 1.75 bits per heavy atom. The first-order valence-corrected chi connectivity index (χ1v) is 5.41. The highest BCUT2D eigenvalue weighted by molar-refractivity contribution is 6.30. The van der Waals surface area contributed by atoms with Crippen molar-refractivity contribution in [1.29, 1.82) is 0 Å². The van der Waals surface area contributed by atoms with Gasteiger partial charge in [0.2, 0.25) is 0 Å². The second kappa shape index (κ2) is 4.68. The van der Waals surface area contributed by atoms with E-state index in [1.165, 1.54) is 6.33 Å². The number of benzene rings is 1. The quantitative estimate of drug-likeness (QED) is 0.838. The van der Waals surface area contributed by atoms with Crippen LogP contribution in [0, 0.1) is 0 Å². The van der Waals surface area contributed by atoms with E-state index in [1.807, 2.05) is 24.3 Å². The van der Waals surface area contributed by atoms with E-state index in [4.69, 9.17) is 28.9 Å². The van der Waals surface area contributed by atoms with Gasteiger partial charge in [-0.1, -0.05) is 35.3 Å². The van der Waals surface area contributed by atoms with Gasteiger partial charge in [0.1, 0.15) is 17.3 Å². The van der Waals surface area contributed by atoms with Crippen LogP contribution in [0.3, 0.4) is 0 Å². The normalized spacial score (nSPS) is 10.4. The molecule has 0 aliphatic heterocycles. The molecule has 0 unspecified atom stereocenters. The van der Waals surface area contributed by atoms with Crippen molar-refractivity contribution in [2.24, 2.45) is 0 Å². The molecule has 0 spiro atoms. The third-order valence-electron chi connectivity index (χ3n) is 2.22. The third-order valence-corrected chi connectivity index (χ3v) is 2.80. The van der Waals surface area contributed by atoms with Crippen LogP contribution in [-0.2, 0) is 6.42 Å². The fourth-order valence-electron chi connectivity index (χ4n) is 1.37. The van der Waals surface area contributed by atoms with Crippen LogP contribution in [0.25, 0.3) is 0 Å². The summed E-state index contributed by atoms with van der Waals surface area (Å²) in [5, 5.41) is 1.09. The third kappa shape index (κ3) is 2.43. The summed E-state index contributed by atoms with van der Waals surface area (Å²) in [5.74, 6) is 0.412. The maximum atomic E-state index is 5.95. The molecule has 0 aliphatic carbocycles. The Morgan fingerprint density at radius 1 is 1.06 bits per heavy atom. The Kier molecular flexibility index (Phi) is 3.27. The topological polar surface area (TPSA) is 51.8 Å². The highest BCUT2D eigenvalue weighted by atomic mass is 35.5. The van der Waals surface area contributed by atoms with Gasteiger partial charge in [0.05, 0.1) is 0 Å². The number of hydrogen-bond acceptors (Lipinski definition) is 3. The second-order valence-corrected chi connectivity index (χ2v) is 4.13. The molecular formula is C11H9Cl2N3. The number of hydrogen-bond donors (Lipinski definition) is 1. The van der Waals surface area contributed by atoms with Crippen molar-refractivity contribution >= 4 is 29.0 Å². The molecule has 5 heteroatoms. The largest absolute Gasteiger partial charge is 0.383 e. The zero-order valence-corrected chi connectivity index (χ0v) is 9.83. The predicted octanol–water partition coefficient (Wildman–Crippen LogP) is 2.96. The summed E-state index contributed by atoms with van der Waals surface area (Å²) < 4.78 is 0. The van der Waals surface area contributed by atoms with Gasteiger partial charge in [-0.2, -0.15) is 0 Å². The molecule has 0 amide bonds. The number of nitrogen functional groups attached to an aromatic ring is 1. The van der Waals surface area contributed by atoms with Crippen LogP contribution in [0.5, 0.6) is 0 Å². The Hall–Kier alpha value is -1.32. The molecule has 2 aromatic rings. The van der Waals surface area contributed by atoms with Gasteiger partial charge in [0.15, 0.2) is 0 Å². The first-order chi connectivity index (χ1) is 7.66. The molecule has 1 heterocycles. The Labute approximate surface area is 103 Å². The summed E-state index contributed by atoms with van der Waals surface area (Å²) in [6.07, 6.45) is 1.95. The van der Waals surface area contributed by atoms with E-state index < -0.39 is 0 Å². The van der Waals surface area contributed by atoms with Crippen molar-refractivity contribution in [1.82, 2.24) is 9.97 Å². The van der Waals surface area contributed by atoms with Gasteiger partial charge in [-0.05, 0) is 17.7 Å².